The van der Waals surface area contributed by atoms with Crippen molar-refractivity contribution in [1.29, 1.82) is 0 Å². The summed E-state index contributed by atoms with van der Waals surface area (Å²) >= 11 is 1.46. The molecule has 2 atom stereocenters. The molecule has 0 radical (unpaired) electrons. The summed E-state index contributed by atoms with van der Waals surface area (Å²) in [7, 11) is -3.71. The van der Waals surface area contributed by atoms with E-state index in [1.807, 2.05) is 50.2 Å². The highest BCUT2D eigenvalue weighted by molar-refractivity contribution is 7.89. The van der Waals surface area contributed by atoms with Gasteiger partial charge in [-0.1, -0.05) is 36.5 Å². The number of carbonyl (C=O) groups is 1. The lowest BCUT2D eigenvalue weighted by molar-refractivity contribution is -0.0440. The summed E-state index contributed by atoms with van der Waals surface area (Å²) in [6, 6.07) is 17.8. The van der Waals surface area contributed by atoms with Crippen LogP contribution >= 0.6 is 11.3 Å². The fourth-order valence-corrected chi connectivity index (χ4v) is 7.28. The van der Waals surface area contributed by atoms with Crippen LogP contribution < -0.4 is 4.90 Å². The van der Waals surface area contributed by atoms with Crippen LogP contribution in [0.15, 0.2) is 71.8 Å². The summed E-state index contributed by atoms with van der Waals surface area (Å²) in [5.41, 5.74) is 3.12. The predicted molar refractivity (Wildman–Crippen MR) is 149 cm³/mol. The van der Waals surface area contributed by atoms with Gasteiger partial charge in [-0.15, -0.1) is 0 Å². The zero-order valence-electron chi connectivity index (χ0n) is 21.6. The van der Waals surface area contributed by atoms with Crippen molar-refractivity contribution in [2.45, 2.75) is 50.8 Å². The number of nitrogens with zero attached hydrogens (tertiary/aromatic N) is 4. The van der Waals surface area contributed by atoms with Crippen molar-refractivity contribution < 1.29 is 17.9 Å². The Kier molecular flexibility index (Phi) is 7.58. The smallest absolute Gasteiger partial charge is 0.260 e. The monoisotopic (exact) mass is 550 g/mol. The van der Waals surface area contributed by atoms with E-state index in [4.69, 9.17) is 9.72 Å². The van der Waals surface area contributed by atoms with Gasteiger partial charge in [-0.05, 0) is 68.3 Å². The number of ether oxygens (including phenoxy) is 1. The summed E-state index contributed by atoms with van der Waals surface area (Å²) in [4.78, 5) is 24.8. The average molecular weight is 551 g/mol. The van der Waals surface area contributed by atoms with Crippen LogP contribution in [0.1, 0.15) is 42.4 Å². The van der Waals surface area contributed by atoms with Crippen LogP contribution in [-0.4, -0.2) is 53.9 Å². The molecular weight excluding hydrogens is 520 g/mol. The number of pyridine rings is 1. The molecule has 0 N–H and O–H groups in total. The predicted octanol–water partition coefficient (Wildman–Crippen LogP) is 4.90. The Morgan fingerprint density at radius 1 is 1.05 bits per heavy atom. The molecule has 0 bridgehead atoms. The van der Waals surface area contributed by atoms with Gasteiger partial charge in [0.15, 0.2) is 5.13 Å². The van der Waals surface area contributed by atoms with Crippen LogP contribution in [0.5, 0.6) is 0 Å². The first-order valence-electron chi connectivity index (χ1n) is 12.6. The van der Waals surface area contributed by atoms with E-state index in [9.17, 15) is 13.2 Å². The van der Waals surface area contributed by atoms with Crippen LogP contribution in [0.2, 0.25) is 0 Å². The van der Waals surface area contributed by atoms with Gasteiger partial charge in [0, 0.05) is 24.8 Å². The van der Waals surface area contributed by atoms with Crippen LogP contribution in [-0.2, 0) is 27.7 Å². The number of hydrogen-bond acceptors (Lipinski definition) is 7. The molecule has 1 fully saturated rings. The normalized spacial score (nSPS) is 18.5. The van der Waals surface area contributed by atoms with Crippen molar-refractivity contribution in [2.24, 2.45) is 0 Å². The number of anilines is 1. The minimum atomic E-state index is -3.71. The van der Waals surface area contributed by atoms with E-state index in [0.717, 1.165) is 27.9 Å². The maximum atomic E-state index is 13.8. The quantitative estimate of drug-likeness (QED) is 0.325. The highest BCUT2D eigenvalue weighted by Crippen LogP contribution is 2.33. The molecular formula is C28H30N4O4S2. The highest BCUT2D eigenvalue weighted by atomic mass is 32.2. The van der Waals surface area contributed by atoms with Crippen molar-refractivity contribution in [3.05, 3.63) is 83.7 Å². The van der Waals surface area contributed by atoms with Crippen molar-refractivity contribution >= 4 is 42.6 Å². The molecule has 0 spiro atoms. The van der Waals surface area contributed by atoms with Crippen molar-refractivity contribution in [2.75, 3.05) is 18.0 Å². The van der Waals surface area contributed by atoms with E-state index < -0.39 is 10.0 Å². The summed E-state index contributed by atoms with van der Waals surface area (Å²) < 4.78 is 34.7. The fourth-order valence-electron chi connectivity index (χ4n) is 4.68. The molecule has 3 heterocycles. The molecule has 2 aromatic heterocycles. The van der Waals surface area contributed by atoms with Crippen molar-refractivity contribution in [3.63, 3.8) is 0 Å². The molecule has 198 valence electrons. The number of fused-ring (bicyclic) bond motifs is 1. The average Bonchev–Trinajstić information content (AvgIpc) is 3.36. The van der Waals surface area contributed by atoms with Gasteiger partial charge in [0.2, 0.25) is 10.0 Å². The first kappa shape index (κ1) is 26.4. The molecule has 1 aliphatic rings. The first-order valence-corrected chi connectivity index (χ1v) is 14.9. The molecule has 1 saturated heterocycles. The first-order chi connectivity index (χ1) is 18.3. The lowest BCUT2D eigenvalue weighted by Crippen LogP contribution is -2.48. The lowest BCUT2D eigenvalue weighted by Gasteiger charge is -2.34. The standard InChI is InChI=1S/C28H30N4O4S2/c1-4-21-8-7-10-25-26(21)30-28(37-25)32(18-23-9-5-6-15-29-23)27(33)22-11-13-24(14-12-22)38(34,35)31-16-19(2)36-20(3)17-31/h5-15,19-20H,4,16-18H2,1-3H3. The molecule has 2 aromatic carbocycles. The Bertz CT molecular complexity index is 1530. The van der Waals surface area contributed by atoms with E-state index in [0.29, 0.717) is 23.8 Å². The van der Waals surface area contributed by atoms with Gasteiger partial charge in [-0.25, -0.2) is 13.4 Å². The third-order valence-electron chi connectivity index (χ3n) is 6.52. The molecule has 5 rings (SSSR count). The van der Waals surface area contributed by atoms with Crippen LogP contribution in [0.4, 0.5) is 5.13 Å². The molecule has 8 nitrogen and oxygen atoms in total. The molecule has 38 heavy (non-hydrogen) atoms. The topological polar surface area (TPSA) is 92.7 Å². The summed E-state index contributed by atoms with van der Waals surface area (Å²) in [5, 5.41) is 0.574. The second kappa shape index (κ2) is 10.9. The van der Waals surface area contributed by atoms with Gasteiger partial charge in [0.25, 0.3) is 5.91 Å². The van der Waals surface area contributed by atoms with E-state index in [1.54, 1.807) is 23.2 Å². The number of benzene rings is 2. The van der Waals surface area contributed by atoms with Crippen LogP contribution in [0.25, 0.3) is 10.2 Å². The number of hydrogen-bond donors (Lipinski definition) is 0. The summed E-state index contributed by atoms with van der Waals surface area (Å²) in [5.74, 6) is -0.273. The number of aromatic nitrogens is 2. The number of carbonyl (C=O) groups excluding carboxylic acids is 1. The largest absolute Gasteiger partial charge is 0.373 e. The summed E-state index contributed by atoms with van der Waals surface area (Å²) in [6.07, 6.45) is 2.16. The Morgan fingerprint density at radius 3 is 2.45 bits per heavy atom. The number of sulfonamides is 1. The molecule has 1 amide bonds. The minimum Gasteiger partial charge on any atom is -0.373 e. The van der Waals surface area contributed by atoms with Gasteiger partial charge in [0.1, 0.15) is 0 Å². The van der Waals surface area contributed by atoms with E-state index in [1.165, 1.54) is 27.8 Å². The number of thiazole rings is 1. The Balaban J connectivity index is 1.47. The second-order valence-electron chi connectivity index (χ2n) is 9.43. The Morgan fingerprint density at radius 2 is 1.79 bits per heavy atom. The van der Waals surface area contributed by atoms with Crippen LogP contribution in [0, 0.1) is 0 Å². The third kappa shape index (κ3) is 5.35. The van der Waals surface area contributed by atoms with Gasteiger partial charge < -0.3 is 4.74 Å². The van der Waals surface area contributed by atoms with Crippen molar-refractivity contribution in [3.8, 4) is 0 Å². The SMILES string of the molecule is CCc1cccc2sc(N(Cc3ccccn3)C(=O)c3ccc(S(=O)(=O)N4CC(C)OC(C)C4)cc3)nc12. The highest BCUT2D eigenvalue weighted by Gasteiger charge is 2.32. The van der Waals surface area contributed by atoms with Gasteiger partial charge in [-0.3, -0.25) is 14.7 Å². The zero-order valence-corrected chi connectivity index (χ0v) is 23.2. The molecule has 10 heteroatoms. The molecule has 4 aromatic rings. The van der Waals surface area contributed by atoms with E-state index >= 15 is 0 Å². The number of para-hydroxylation sites is 1. The molecule has 1 aliphatic heterocycles. The summed E-state index contributed by atoms with van der Waals surface area (Å²) in [6.45, 7) is 6.64. The zero-order chi connectivity index (χ0) is 26.9. The third-order valence-corrected chi connectivity index (χ3v) is 9.41. The Labute approximate surface area is 227 Å². The van der Waals surface area contributed by atoms with Gasteiger partial charge in [0.05, 0.1) is 39.6 Å². The minimum absolute atomic E-state index is 0.152. The maximum Gasteiger partial charge on any atom is 0.260 e. The number of amides is 1. The van der Waals surface area contributed by atoms with Crippen molar-refractivity contribution in [1.82, 2.24) is 14.3 Å². The van der Waals surface area contributed by atoms with Gasteiger partial charge >= 0.3 is 0 Å². The second-order valence-corrected chi connectivity index (χ2v) is 12.4. The van der Waals surface area contributed by atoms with Gasteiger partial charge in [-0.2, -0.15) is 4.31 Å². The van der Waals surface area contributed by atoms with E-state index in [-0.39, 0.29) is 29.6 Å². The fraction of sp³-hybridized carbons (Fsp3) is 0.321. The lowest BCUT2D eigenvalue weighted by atomic mass is 10.1. The molecule has 0 saturated carbocycles. The Hall–Kier alpha value is -3.18. The molecule has 0 aliphatic carbocycles. The number of morpholine rings is 1. The van der Waals surface area contributed by atoms with E-state index in [2.05, 4.69) is 11.9 Å². The maximum absolute atomic E-state index is 13.8. The number of rotatable bonds is 7. The molecule has 2 unspecified atom stereocenters. The number of aryl methyl sites for hydroxylation is 1. The van der Waals surface area contributed by atoms with Crippen LogP contribution in [0.3, 0.4) is 0 Å².